The Morgan fingerprint density at radius 3 is 1.90 bits per heavy atom. The summed E-state index contributed by atoms with van der Waals surface area (Å²) in [5, 5.41) is 18.9. The van der Waals surface area contributed by atoms with Gasteiger partial charge in [0.2, 0.25) is 0 Å². The summed E-state index contributed by atoms with van der Waals surface area (Å²) in [6.07, 6.45) is 14.0. The third kappa shape index (κ3) is 12.2. The van der Waals surface area contributed by atoms with E-state index in [1.807, 2.05) is 0 Å². The van der Waals surface area contributed by atoms with Gasteiger partial charge in [-0.1, -0.05) is 72.6 Å². The molecule has 0 fully saturated rings. The van der Waals surface area contributed by atoms with E-state index in [0.717, 1.165) is 60.6 Å². The SMILES string of the molecule is Cc1c(C)c2c(c(C)c1OCC[N+](C)(CCO)CCO)CCC(C)(CCCC(C)CCCC(C)CCCC(C)C)O2.[Cl-]. The van der Waals surface area contributed by atoms with Crippen LogP contribution in [0.25, 0.3) is 0 Å². The van der Waals surface area contributed by atoms with Crippen LogP contribution < -0.4 is 21.9 Å². The van der Waals surface area contributed by atoms with Crippen LogP contribution in [0.4, 0.5) is 0 Å². The highest BCUT2D eigenvalue weighted by atomic mass is 35.5. The van der Waals surface area contributed by atoms with Gasteiger partial charge in [0.25, 0.3) is 0 Å². The number of halogens is 1. The molecule has 2 rings (SSSR count). The number of quaternary nitrogens is 1. The Morgan fingerprint density at radius 2 is 1.36 bits per heavy atom. The zero-order valence-electron chi connectivity index (χ0n) is 28.8. The quantitative estimate of drug-likeness (QED) is 0.205. The van der Waals surface area contributed by atoms with E-state index in [1.165, 1.54) is 68.1 Å². The number of rotatable bonds is 20. The first-order valence-corrected chi connectivity index (χ1v) is 16.8. The molecule has 0 saturated carbocycles. The van der Waals surface area contributed by atoms with E-state index in [2.05, 4.69) is 62.4 Å². The molecule has 0 amide bonds. The fourth-order valence-corrected chi connectivity index (χ4v) is 6.66. The van der Waals surface area contributed by atoms with Crippen LogP contribution in [0.5, 0.6) is 11.5 Å². The first-order chi connectivity index (χ1) is 19.3. The van der Waals surface area contributed by atoms with Crippen LogP contribution in [-0.4, -0.2) is 66.8 Å². The topological polar surface area (TPSA) is 58.9 Å². The smallest absolute Gasteiger partial charge is 0.137 e. The molecule has 1 heterocycles. The minimum absolute atomic E-state index is 0. The lowest BCUT2D eigenvalue weighted by Gasteiger charge is -2.38. The molecule has 1 aliphatic rings. The average Bonchev–Trinajstić information content (AvgIpc) is 2.89. The molecule has 6 heteroatoms. The van der Waals surface area contributed by atoms with Crippen molar-refractivity contribution in [2.24, 2.45) is 17.8 Å². The number of nitrogens with zero attached hydrogens (tertiary/aromatic N) is 1. The zero-order valence-corrected chi connectivity index (χ0v) is 29.5. The van der Waals surface area contributed by atoms with Crippen molar-refractivity contribution < 1.29 is 36.6 Å². The fourth-order valence-electron chi connectivity index (χ4n) is 6.66. The molecule has 0 radical (unpaired) electrons. The highest BCUT2D eigenvalue weighted by Gasteiger charge is 2.34. The molecule has 42 heavy (non-hydrogen) atoms. The molecule has 5 nitrogen and oxygen atoms in total. The van der Waals surface area contributed by atoms with E-state index in [0.29, 0.717) is 24.2 Å². The first kappa shape index (κ1) is 39.0. The maximum Gasteiger partial charge on any atom is 0.137 e. The van der Waals surface area contributed by atoms with Crippen LogP contribution >= 0.6 is 0 Å². The van der Waals surface area contributed by atoms with Gasteiger partial charge in [0.15, 0.2) is 0 Å². The van der Waals surface area contributed by atoms with Gasteiger partial charge in [0.05, 0.1) is 20.3 Å². The monoisotopic (exact) mass is 611 g/mol. The van der Waals surface area contributed by atoms with E-state index in [1.54, 1.807) is 0 Å². The molecule has 3 unspecified atom stereocenters. The average molecular weight is 612 g/mol. The highest BCUT2D eigenvalue weighted by Crippen LogP contribution is 2.45. The van der Waals surface area contributed by atoms with E-state index >= 15 is 0 Å². The summed E-state index contributed by atoms with van der Waals surface area (Å²) in [6.45, 7) is 21.1. The van der Waals surface area contributed by atoms with Crippen molar-refractivity contribution in [3.05, 3.63) is 22.3 Å². The second-order valence-corrected chi connectivity index (χ2v) is 14.5. The van der Waals surface area contributed by atoms with Crippen LogP contribution in [0, 0.1) is 38.5 Å². The second-order valence-electron chi connectivity index (χ2n) is 14.5. The number of ether oxygens (including phenoxy) is 2. The third-order valence-electron chi connectivity index (χ3n) is 10.00. The van der Waals surface area contributed by atoms with Gasteiger partial charge in [-0.05, 0) is 87.8 Å². The molecule has 1 aromatic carbocycles. The molecule has 2 N–H and O–H groups in total. The van der Waals surface area contributed by atoms with Crippen molar-refractivity contribution in [2.75, 3.05) is 46.5 Å². The molecule has 246 valence electrons. The Morgan fingerprint density at radius 1 is 0.810 bits per heavy atom. The summed E-state index contributed by atoms with van der Waals surface area (Å²) in [4.78, 5) is 0. The van der Waals surface area contributed by atoms with Crippen molar-refractivity contribution in [3.63, 3.8) is 0 Å². The van der Waals surface area contributed by atoms with Gasteiger partial charge >= 0.3 is 0 Å². The summed E-state index contributed by atoms with van der Waals surface area (Å²) >= 11 is 0. The Kier molecular flexibility index (Phi) is 17.4. The summed E-state index contributed by atoms with van der Waals surface area (Å²) in [7, 11) is 2.07. The molecule has 3 atom stereocenters. The van der Waals surface area contributed by atoms with Crippen molar-refractivity contribution in [3.8, 4) is 11.5 Å². The summed E-state index contributed by atoms with van der Waals surface area (Å²) < 4.78 is 13.8. The molecule has 0 saturated heterocycles. The van der Waals surface area contributed by atoms with Crippen LogP contribution in [-0.2, 0) is 6.42 Å². The van der Waals surface area contributed by atoms with Gasteiger partial charge < -0.3 is 36.6 Å². The lowest BCUT2D eigenvalue weighted by molar-refractivity contribution is -0.910. The summed E-state index contributed by atoms with van der Waals surface area (Å²) in [6, 6.07) is 0. The fraction of sp³-hybridized carbons (Fsp3) is 0.833. The number of likely N-dealkylation sites (N-methyl/N-ethyl adjacent to an activating group) is 1. The standard InChI is InChI=1S/C36H66NO4.ClH/c1-27(2)13-10-14-28(3)15-11-16-29(4)17-12-19-36(8)20-18-33-32(7)34(30(5)31(6)35(33)41-36)40-26-23-37(9,21-24-38)22-25-39;/h27-29,38-39H,10-26H2,1-9H3;1H/q+1;/p-1. The maximum atomic E-state index is 9.46. The minimum Gasteiger partial charge on any atom is -1.00 e. The van der Waals surface area contributed by atoms with Crippen LogP contribution in [0.2, 0.25) is 0 Å². The number of benzene rings is 1. The molecule has 0 spiro atoms. The Bertz CT molecular complexity index is 914. The Balaban J connectivity index is 0.00000882. The first-order valence-electron chi connectivity index (χ1n) is 16.8. The third-order valence-corrected chi connectivity index (χ3v) is 10.00. The molecule has 0 aromatic heterocycles. The van der Waals surface area contributed by atoms with E-state index in [-0.39, 0.29) is 31.2 Å². The van der Waals surface area contributed by atoms with Crippen LogP contribution in [0.1, 0.15) is 121 Å². The van der Waals surface area contributed by atoms with Gasteiger partial charge in [-0.2, -0.15) is 0 Å². The maximum absolute atomic E-state index is 9.46. The van der Waals surface area contributed by atoms with Crippen LogP contribution in [0.15, 0.2) is 0 Å². The molecular weight excluding hydrogens is 546 g/mol. The second kappa shape index (κ2) is 18.7. The lowest BCUT2D eigenvalue weighted by Crippen LogP contribution is -3.00. The van der Waals surface area contributed by atoms with Crippen molar-refractivity contribution >= 4 is 0 Å². The predicted octanol–water partition coefficient (Wildman–Crippen LogP) is 4.95. The summed E-state index contributed by atoms with van der Waals surface area (Å²) in [5.41, 5.74) is 4.77. The molecular formula is C36H66ClNO4. The normalized spacial score (nSPS) is 18.3. The van der Waals surface area contributed by atoms with Crippen molar-refractivity contribution in [2.45, 2.75) is 132 Å². The predicted molar refractivity (Wildman–Crippen MR) is 173 cm³/mol. The largest absolute Gasteiger partial charge is 1.00 e. The van der Waals surface area contributed by atoms with Gasteiger partial charge in [-0.3, -0.25) is 0 Å². The highest BCUT2D eigenvalue weighted by molar-refractivity contribution is 5.59. The van der Waals surface area contributed by atoms with Gasteiger partial charge in [0.1, 0.15) is 43.3 Å². The van der Waals surface area contributed by atoms with Crippen molar-refractivity contribution in [1.29, 1.82) is 0 Å². The van der Waals surface area contributed by atoms with Gasteiger partial charge in [-0.25, -0.2) is 0 Å². The van der Waals surface area contributed by atoms with Gasteiger partial charge in [0, 0.05) is 5.56 Å². The Hall–Kier alpha value is -1.01. The molecule has 0 bridgehead atoms. The Labute approximate surface area is 265 Å². The zero-order chi connectivity index (χ0) is 30.6. The van der Waals surface area contributed by atoms with Gasteiger partial charge in [-0.15, -0.1) is 0 Å². The summed E-state index contributed by atoms with van der Waals surface area (Å²) in [5.74, 6) is 4.56. The van der Waals surface area contributed by atoms with E-state index < -0.39 is 0 Å². The lowest BCUT2D eigenvalue weighted by atomic mass is 9.83. The number of fused-ring (bicyclic) bond motifs is 1. The molecule has 1 aromatic rings. The number of aliphatic hydroxyl groups excluding tert-OH is 2. The number of hydrogen-bond acceptors (Lipinski definition) is 4. The number of hydrogen-bond donors (Lipinski definition) is 2. The molecule has 1 aliphatic heterocycles. The molecule has 0 aliphatic carbocycles. The number of aliphatic hydroxyl groups is 2. The van der Waals surface area contributed by atoms with E-state index in [4.69, 9.17) is 9.47 Å². The van der Waals surface area contributed by atoms with E-state index in [9.17, 15) is 10.2 Å². The van der Waals surface area contributed by atoms with Crippen LogP contribution in [0.3, 0.4) is 0 Å². The minimum atomic E-state index is -0.0997. The van der Waals surface area contributed by atoms with Crippen molar-refractivity contribution in [1.82, 2.24) is 0 Å².